The lowest BCUT2D eigenvalue weighted by Gasteiger charge is -2.35. The molecule has 1 aromatic heterocycles. The Morgan fingerprint density at radius 2 is 2.20 bits per heavy atom. The maximum atomic E-state index is 12.1. The van der Waals surface area contributed by atoms with Gasteiger partial charge in [0.2, 0.25) is 5.88 Å². The van der Waals surface area contributed by atoms with Gasteiger partial charge >= 0.3 is 5.97 Å². The van der Waals surface area contributed by atoms with Crippen LogP contribution in [0.5, 0.6) is 0 Å². The lowest BCUT2D eigenvalue weighted by Crippen LogP contribution is -2.32. The Hall–Kier alpha value is -2.30. The zero-order valence-corrected chi connectivity index (χ0v) is 11.2. The molecule has 5 nitrogen and oxygen atoms in total. The number of carbonyl (C=O) groups excluding carboxylic acids is 1. The first-order valence-corrected chi connectivity index (χ1v) is 6.61. The van der Waals surface area contributed by atoms with Gasteiger partial charge in [-0.25, -0.2) is 4.79 Å². The largest absolute Gasteiger partial charge is 0.478 e. The summed E-state index contributed by atoms with van der Waals surface area (Å²) in [6.07, 6.45) is 3.82. The van der Waals surface area contributed by atoms with Crippen LogP contribution in [-0.2, 0) is 9.59 Å². The van der Waals surface area contributed by atoms with Crippen LogP contribution >= 0.6 is 0 Å². The van der Waals surface area contributed by atoms with E-state index in [0.29, 0.717) is 23.6 Å². The van der Waals surface area contributed by atoms with Gasteiger partial charge in [-0.05, 0) is 25.8 Å². The van der Waals surface area contributed by atoms with E-state index in [1.165, 1.54) is 0 Å². The molecule has 3 rings (SSSR count). The summed E-state index contributed by atoms with van der Waals surface area (Å²) in [5.41, 5.74) is 2.39. The summed E-state index contributed by atoms with van der Waals surface area (Å²) in [5.74, 6) is -0.374. The molecule has 2 heterocycles. The molecule has 20 heavy (non-hydrogen) atoms. The molecule has 0 amide bonds. The highest BCUT2D eigenvalue weighted by Gasteiger charge is 2.34. The van der Waals surface area contributed by atoms with Gasteiger partial charge in [0.15, 0.2) is 5.78 Å². The Bertz CT molecular complexity index is 637. The van der Waals surface area contributed by atoms with Crippen LogP contribution in [-0.4, -0.2) is 16.9 Å². The van der Waals surface area contributed by atoms with Crippen LogP contribution in [0.1, 0.15) is 32.6 Å². The Morgan fingerprint density at radius 1 is 1.40 bits per heavy atom. The first-order valence-electron chi connectivity index (χ1n) is 6.61. The summed E-state index contributed by atoms with van der Waals surface area (Å²) in [5, 5.41) is 9.35. The lowest BCUT2D eigenvalue weighted by atomic mass is 9.86. The minimum absolute atomic E-state index is 0.0501. The zero-order chi connectivity index (χ0) is 14.3. The van der Waals surface area contributed by atoms with Crippen LogP contribution < -0.4 is 4.90 Å². The Labute approximate surface area is 116 Å². The van der Waals surface area contributed by atoms with Gasteiger partial charge in [0, 0.05) is 35.9 Å². The third kappa shape index (κ3) is 1.86. The van der Waals surface area contributed by atoms with E-state index in [-0.39, 0.29) is 17.8 Å². The van der Waals surface area contributed by atoms with E-state index in [4.69, 9.17) is 4.42 Å². The fraction of sp³-hybridized carbons (Fsp3) is 0.333. The van der Waals surface area contributed by atoms with Crippen LogP contribution in [0.4, 0.5) is 5.88 Å². The van der Waals surface area contributed by atoms with Gasteiger partial charge in [-0.3, -0.25) is 9.69 Å². The summed E-state index contributed by atoms with van der Waals surface area (Å²) >= 11 is 0. The predicted octanol–water partition coefficient (Wildman–Crippen LogP) is 2.86. The summed E-state index contributed by atoms with van der Waals surface area (Å²) in [4.78, 5) is 25.3. The first-order chi connectivity index (χ1) is 9.59. The molecule has 104 valence electrons. The number of carboxylic acid groups (broad SMARTS) is 1. The van der Waals surface area contributed by atoms with Gasteiger partial charge in [-0.1, -0.05) is 0 Å². The number of hydrogen-bond donors (Lipinski definition) is 1. The van der Waals surface area contributed by atoms with E-state index in [1.807, 2.05) is 0 Å². The summed E-state index contributed by atoms with van der Waals surface area (Å²) in [7, 11) is 0. The topological polar surface area (TPSA) is 70.8 Å². The molecule has 0 spiro atoms. The van der Waals surface area contributed by atoms with Crippen LogP contribution in [0, 0.1) is 0 Å². The molecule has 0 saturated carbocycles. The SMILES string of the molecule is CC1=C(C(=O)O)CC2=C(CCCC2=O)N1c1ccco1. The van der Waals surface area contributed by atoms with Crippen LogP contribution in [0.15, 0.2) is 45.4 Å². The second-order valence-electron chi connectivity index (χ2n) is 5.03. The standard InChI is InChI=1S/C15H15NO4/c1-9-10(15(18)19)8-11-12(4-2-5-13(11)17)16(9)14-6-3-7-20-14/h3,6-7H,2,4-5,8H2,1H3,(H,18,19). The minimum Gasteiger partial charge on any atom is -0.478 e. The lowest BCUT2D eigenvalue weighted by molar-refractivity contribution is -0.132. The van der Waals surface area contributed by atoms with E-state index in [9.17, 15) is 14.7 Å². The fourth-order valence-corrected chi connectivity index (χ4v) is 2.89. The van der Waals surface area contributed by atoms with Crippen molar-refractivity contribution in [3.8, 4) is 0 Å². The molecule has 0 bridgehead atoms. The van der Waals surface area contributed by atoms with Gasteiger partial charge in [-0.2, -0.15) is 0 Å². The predicted molar refractivity (Wildman–Crippen MR) is 72.0 cm³/mol. The number of carbonyl (C=O) groups is 2. The number of carboxylic acids is 1. The first kappa shape index (κ1) is 12.7. The second kappa shape index (κ2) is 4.67. The van der Waals surface area contributed by atoms with Crippen molar-refractivity contribution in [2.45, 2.75) is 32.6 Å². The second-order valence-corrected chi connectivity index (χ2v) is 5.03. The molecule has 0 saturated heterocycles. The Balaban J connectivity index is 2.16. The summed E-state index contributed by atoms with van der Waals surface area (Å²) < 4.78 is 5.41. The van der Waals surface area contributed by atoms with E-state index in [2.05, 4.69) is 0 Å². The highest BCUT2D eigenvalue weighted by atomic mass is 16.4. The van der Waals surface area contributed by atoms with Crippen molar-refractivity contribution in [1.29, 1.82) is 0 Å². The molecule has 1 aliphatic carbocycles. The summed E-state index contributed by atoms with van der Waals surface area (Å²) in [6.45, 7) is 1.76. The Morgan fingerprint density at radius 3 is 2.85 bits per heavy atom. The molecule has 0 radical (unpaired) electrons. The molecule has 0 fully saturated rings. The number of furan rings is 1. The van der Waals surface area contributed by atoms with Crippen molar-refractivity contribution < 1.29 is 19.1 Å². The molecule has 0 aromatic carbocycles. The molecular formula is C15H15NO4. The van der Waals surface area contributed by atoms with Gasteiger partial charge in [-0.15, -0.1) is 0 Å². The van der Waals surface area contributed by atoms with Gasteiger partial charge in [0.05, 0.1) is 11.8 Å². The molecule has 0 unspecified atom stereocenters. The van der Waals surface area contributed by atoms with Crippen LogP contribution in [0.2, 0.25) is 0 Å². The summed E-state index contributed by atoms with van der Waals surface area (Å²) in [6, 6.07) is 3.53. The average Bonchev–Trinajstić information content (AvgIpc) is 2.91. The third-order valence-electron chi connectivity index (χ3n) is 3.88. The van der Waals surface area contributed by atoms with E-state index >= 15 is 0 Å². The molecule has 1 aliphatic heterocycles. The fourth-order valence-electron chi connectivity index (χ4n) is 2.89. The van der Waals surface area contributed by atoms with Crippen molar-refractivity contribution in [2.75, 3.05) is 4.90 Å². The normalized spacial score (nSPS) is 19.4. The number of hydrogen-bond acceptors (Lipinski definition) is 4. The van der Waals surface area contributed by atoms with Crippen molar-refractivity contribution in [3.63, 3.8) is 0 Å². The minimum atomic E-state index is -0.982. The van der Waals surface area contributed by atoms with E-state index in [1.54, 1.807) is 30.2 Å². The van der Waals surface area contributed by atoms with Crippen LogP contribution in [0.3, 0.4) is 0 Å². The monoisotopic (exact) mass is 273 g/mol. The highest BCUT2D eigenvalue weighted by molar-refractivity contribution is 6.02. The highest BCUT2D eigenvalue weighted by Crippen LogP contribution is 2.40. The quantitative estimate of drug-likeness (QED) is 0.897. The van der Waals surface area contributed by atoms with Gasteiger partial charge < -0.3 is 9.52 Å². The number of Topliss-reactive ketones (excluding diaryl/α,β-unsaturated/α-hetero) is 1. The van der Waals surface area contributed by atoms with E-state index in [0.717, 1.165) is 18.5 Å². The number of anilines is 1. The van der Waals surface area contributed by atoms with Crippen molar-refractivity contribution in [2.24, 2.45) is 0 Å². The average molecular weight is 273 g/mol. The van der Waals surface area contributed by atoms with E-state index < -0.39 is 5.97 Å². The molecule has 0 atom stereocenters. The third-order valence-corrected chi connectivity index (χ3v) is 3.88. The number of rotatable bonds is 2. The smallest absolute Gasteiger partial charge is 0.333 e. The number of ketones is 1. The van der Waals surface area contributed by atoms with Crippen LogP contribution in [0.25, 0.3) is 0 Å². The van der Waals surface area contributed by atoms with Crippen molar-refractivity contribution in [3.05, 3.63) is 40.9 Å². The number of aliphatic carboxylic acids is 1. The van der Waals surface area contributed by atoms with Crippen molar-refractivity contribution >= 4 is 17.6 Å². The number of nitrogens with zero attached hydrogens (tertiary/aromatic N) is 1. The molecule has 2 aliphatic rings. The molecular weight excluding hydrogens is 258 g/mol. The van der Waals surface area contributed by atoms with Crippen molar-refractivity contribution in [1.82, 2.24) is 0 Å². The zero-order valence-electron chi connectivity index (χ0n) is 11.2. The van der Waals surface area contributed by atoms with Gasteiger partial charge in [0.1, 0.15) is 0 Å². The van der Waals surface area contributed by atoms with Gasteiger partial charge in [0.25, 0.3) is 0 Å². The Kier molecular flexibility index (Phi) is 2.97. The molecule has 5 heteroatoms. The molecule has 1 aromatic rings. The maximum absolute atomic E-state index is 12.1. The maximum Gasteiger partial charge on any atom is 0.333 e. The number of allylic oxidation sites excluding steroid dienone is 3. The molecule has 1 N–H and O–H groups in total.